The number of alkyl halides is 3. The SMILES string of the molecule is CCc1nc2ccccn2c1C(=O)c1ccc(O)c(C(F)(F)F)c1. The van der Waals surface area contributed by atoms with Crippen molar-refractivity contribution in [3.8, 4) is 5.75 Å². The summed E-state index contributed by atoms with van der Waals surface area (Å²) in [4.78, 5) is 17.1. The maximum Gasteiger partial charge on any atom is 0.419 e. The second-order valence-corrected chi connectivity index (χ2v) is 5.25. The van der Waals surface area contributed by atoms with Gasteiger partial charge in [-0.15, -0.1) is 0 Å². The molecular weight excluding hydrogens is 321 g/mol. The first-order chi connectivity index (χ1) is 11.3. The normalized spacial score (nSPS) is 11.8. The van der Waals surface area contributed by atoms with E-state index in [0.717, 1.165) is 6.07 Å². The van der Waals surface area contributed by atoms with Crippen molar-refractivity contribution < 1.29 is 23.1 Å². The Morgan fingerprint density at radius 3 is 2.67 bits per heavy atom. The molecule has 2 aromatic heterocycles. The van der Waals surface area contributed by atoms with Crippen LogP contribution in [-0.4, -0.2) is 20.3 Å². The highest BCUT2D eigenvalue weighted by atomic mass is 19.4. The van der Waals surface area contributed by atoms with E-state index >= 15 is 0 Å². The van der Waals surface area contributed by atoms with E-state index in [9.17, 15) is 23.1 Å². The smallest absolute Gasteiger partial charge is 0.419 e. The van der Waals surface area contributed by atoms with Gasteiger partial charge in [0.25, 0.3) is 0 Å². The number of rotatable bonds is 3. The summed E-state index contributed by atoms with van der Waals surface area (Å²) in [7, 11) is 0. The third kappa shape index (κ3) is 2.62. The summed E-state index contributed by atoms with van der Waals surface area (Å²) < 4.78 is 40.4. The second-order valence-electron chi connectivity index (χ2n) is 5.25. The number of fused-ring (bicyclic) bond motifs is 1. The van der Waals surface area contributed by atoms with E-state index in [-0.39, 0.29) is 11.3 Å². The quantitative estimate of drug-likeness (QED) is 0.740. The number of aryl methyl sites for hydroxylation is 1. The summed E-state index contributed by atoms with van der Waals surface area (Å²) in [6, 6.07) is 7.91. The van der Waals surface area contributed by atoms with E-state index in [2.05, 4.69) is 4.98 Å². The molecule has 0 amide bonds. The van der Waals surface area contributed by atoms with Crippen molar-refractivity contribution in [2.75, 3.05) is 0 Å². The third-order valence-corrected chi connectivity index (χ3v) is 3.72. The molecular formula is C17H13F3N2O2. The number of halogens is 3. The van der Waals surface area contributed by atoms with Crippen LogP contribution in [0.1, 0.15) is 34.2 Å². The minimum Gasteiger partial charge on any atom is -0.507 e. The molecule has 7 heteroatoms. The molecule has 0 fully saturated rings. The van der Waals surface area contributed by atoms with Crippen LogP contribution in [0.2, 0.25) is 0 Å². The lowest BCUT2D eigenvalue weighted by Gasteiger charge is -2.11. The van der Waals surface area contributed by atoms with Gasteiger partial charge in [0.1, 0.15) is 17.1 Å². The van der Waals surface area contributed by atoms with Gasteiger partial charge >= 0.3 is 6.18 Å². The monoisotopic (exact) mass is 334 g/mol. The van der Waals surface area contributed by atoms with Crippen molar-refractivity contribution >= 4 is 11.4 Å². The van der Waals surface area contributed by atoms with Gasteiger partial charge in [0.2, 0.25) is 5.78 Å². The van der Waals surface area contributed by atoms with Crippen LogP contribution in [0.4, 0.5) is 13.2 Å². The predicted octanol–water partition coefficient (Wildman–Crippen LogP) is 3.85. The number of aromatic hydroxyl groups is 1. The number of pyridine rings is 1. The van der Waals surface area contributed by atoms with Crippen LogP contribution in [0.5, 0.6) is 5.75 Å². The minimum atomic E-state index is -4.74. The lowest BCUT2D eigenvalue weighted by Crippen LogP contribution is -2.11. The molecule has 1 aromatic carbocycles. The van der Waals surface area contributed by atoms with Gasteiger partial charge in [-0.05, 0) is 36.8 Å². The molecule has 3 aromatic rings. The van der Waals surface area contributed by atoms with Crippen molar-refractivity contribution in [2.24, 2.45) is 0 Å². The Labute approximate surface area is 135 Å². The lowest BCUT2D eigenvalue weighted by atomic mass is 10.0. The van der Waals surface area contributed by atoms with Crippen molar-refractivity contribution in [1.29, 1.82) is 0 Å². The fourth-order valence-electron chi connectivity index (χ4n) is 2.57. The molecule has 24 heavy (non-hydrogen) atoms. The zero-order valence-corrected chi connectivity index (χ0v) is 12.6. The fraction of sp³-hybridized carbons (Fsp3) is 0.176. The van der Waals surface area contributed by atoms with Crippen LogP contribution >= 0.6 is 0 Å². The molecule has 0 aliphatic heterocycles. The third-order valence-electron chi connectivity index (χ3n) is 3.72. The summed E-state index contributed by atoms with van der Waals surface area (Å²) in [6.45, 7) is 1.82. The molecule has 0 atom stereocenters. The number of hydrogen-bond donors (Lipinski definition) is 1. The van der Waals surface area contributed by atoms with Crippen LogP contribution in [0, 0.1) is 0 Å². The number of benzene rings is 1. The highest BCUT2D eigenvalue weighted by Crippen LogP contribution is 2.36. The first kappa shape index (κ1) is 16.0. The number of phenols is 1. The fourth-order valence-corrected chi connectivity index (χ4v) is 2.57. The highest BCUT2D eigenvalue weighted by Gasteiger charge is 2.35. The molecule has 0 saturated carbocycles. The number of phenolic OH excluding ortho intramolecular Hbond substituents is 1. The zero-order valence-electron chi connectivity index (χ0n) is 12.6. The number of hydrogen-bond acceptors (Lipinski definition) is 3. The second kappa shape index (κ2) is 5.67. The topological polar surface area (TPSA) is 54.6 Å². The zero-order chi connectivity index (χ0) is 17.5. The highest BCUT2D eigenvalue weighted by molar-refractivity contribution is 6.09. The molecule has 0 aliphatic rings. The summed E-state index contributed by atoms with van der Waals surface area (Å²) in [5.74, 6) is -1.48. The molecule has 0 saturated heterocycles. The molecule has 0 spiro atoms. The van der Waals surface area contributed by atoms with Gasteiger partial charge in [-0.25, -0.2) is 4.98 Å². The van der Waals surface area contributed by atoms with Gasteiger partial charge < -0.3 is 5.11 Å². The van der Waals surface area contributed by atoms with Gasteiger partial charge in [-0.3, -0.25) is 9.20 Å². The number of carbonyl (C=O) groups is 1. The van der Waals surface area contributed by atoms with Crippen molar-refractivity contribution in [3.05, 3.63) is 65.1 Å². The summed E-state index contributed by atoms with van der Waals surface area (Å²) in [5, 5.41) is 9.41. The Morgan fingerprint density at radius 1 is 1.25 bits per heavy atom. The van der Waals surface area contributed by atoms with Gasteiger partial charge in [0.15, 0.2) is 0 Å². The van der Waals surface area contributed by atoms with Gasteiger partial charge in [0, 0.05) is 11.8 Å². The molecule has 124 valence electrons. The van der Waals surface area contributed by atoms with E-state index in [1.165, 1.54) is 6.07 Å². The van der Waals surface area contributed by atoms with Crippen LogP contribution in [0.25, 0.3) is 5.65 Å². The standard InChI is InChI=1S/C17H13F3N2O2/c1-2-12-15(22-8-4-3-5-14(22)21-12)16(24)10-6-7-13(23)11(9-10)17(18,19)20/h3-9,23H,2H2,1H3. The number of imidazole rings is 1. The average molecular weight is 334 g/mol. The predicted molar refractivity (Wildman–Crippen MR) is 81.1 cm³/mol. The largest absolute Gasteiger partial charge is 0.507 e. The van der Waals surface area contributed by atoms with Gasteiger partial charge in [-0.2, -0.15) is 13.2 Å². The van der Waals surface area contributed by atoms with Gasteiger partial charge in [-0.1, -0.05) is 13.0 Å². The Morgan fingerprint density at radius 2 is 2.00 bits per heavy atom. The van der Waals surface area contributed by atoms with E-state index < -0.39 is 23.3 Å². The molecule has 0 radical (unpaired) electrons. The molecule has 3 rings (SSSR count). The molecule has 0 aliphatic carbocycles. The minimum absolute atomic E-state index is 0.152. The Balaban J connectivity index is 2.17. The van der Waals surface area contributed by atoms with Crippen LogP contribution in [0.3, 0.4) is 0 Å². The first-order valence-corrected chi connectivity index (χ1v) is 7.23. The van der Waals surface area contributed by atoms with E-state index in [4.69, 9.17) is 0 Å². The Bertz CT molecular complexity index is 929. The number of nitrogens with zero attached hydrogens (tertiary/aromatic N) is 2. The van der Waals surface area contributed by atoms with Gasteiger partial charge in [0.05, 0.1) is 11.3 Å². The summed E-state index contributed by atoms with van der Waals surface area (Å²) in [6.07, 6.45) is -2.64. The lowest BCUT2D eigenvalue weighted by molar-refractivity contribution is -0.138. The van der Waals surface area contributed by atoms with Crippen LogP contribution in [0.15, 0.2) is 42.6 Å². The number of carbonyl (C=O) groups excluding carboxylic acids is 1. The Hall–Kier alpha value is -2.83. The van der Waals surface area contributed by atoms with E-state index in [0.29, 0.717) is 23.8 Å². The number of aromatic nitrogens is 2. The van der Waals surface area contributed by atoms with Crippen molar-refractivity contribution in [1.82, 2.24) is 9.38 Å². The Kier molecular flexibility index (Phi) is 3.79. The van der Waals surface area contributed by atoms with Crippen LogP contribution < -0.4 is 0 Å². The molecule has 4 nitrogen and oxygen atoms in total. The summed E-state index contributed by atoms with van der Waals surface area (Å²) >= 11 is 0. The molecule has 2 heterocycles. The summed E-state index contributed by atoms with van der Waals surface area (Å²) in [5.41, 5.74) is -0.104. The van der Waals surface area contributed by atoms with E-state index in [1.807, 2.05) is 6.92 Å². The van der Waals surface area contributed by atoms with E-state index in [1.54, 1.807) is 28.8 Å². The molecule has 0 unspecified atom stereocenters. The molecule has 0 bridgehead atoms. The van der Waals surface area contributed by atoms with Crippen molar-refractivity contribution in [2.45, 2.75) is 19.5 Å². The maximum absolute atomic E-state index is 12.9. The maximum atomic E-state index is 12.9. The molecule has 1 N–H and O–H groups in total. The number of ketones is 1. The van der Waals surface area contributed by atoms with Crippen LogP contribution in [-0.2, 0) is 12.6 Å². The first-order valence-electron chi connectivity index (χ1n) is 7.23. The van der Waals surface area contributed by atoms with Crippen molar-refractivity contribution in [3.63, 3.8) is 0 Å². The average Bonchev–Trinajstić information content (AvgIpc) is 2.92.